The lowest BCUT2D eigenvalue weighted by Crippen LogP contribution is -3.15. The Kier molecular flexibility index (Phi) is 7.60. The van der Waals surface area contributed by atoms with E-state index in [1.54, 1.807) is 0 Å². The maximum atomic E-state index is 12.8. The van der Waals surface area contributed by atoms with Crippen LogP contribution in [0.1, 0.15) is 18.1 Å². The SMILES string of the molecule is Cc1cccc(C[NH+]2CCN(C(=O)C[NH+](C)[C@H](C)C(=O)Nc3ccccc3)CC2)c1. The van der Waals surface area contributed by atoms with Crippen molar-refractivity contribution >= 4 is 17.5 Å². The minimum atomic E-state index is -0.303. The Labute approximate surface area is 179 Å². The van der Waals surface area contributed by atoms with Crippen molar-refractivity contribution in [3.63, 3.8) is 0 Å². The highest BCUT2D eigenvalue weighted by Gasteiger charge is 2.29. The third-order valence-electron chi connectivity index (χ3n) is 5.96. The van der Waals surface area contributed by atoms with Gasteiger partial charge in [-0.1, -0.05) is 48.0 Å². The topological polar surface area (TPSA) is 58.3 Å². The molecule has 1 saturated heterocycles. The van der Waals surface area contributed by atoms with E-state index in [1.807, 2.05) is 49.2 Å². The van der Waals surface area contributed by atoms with E-state index in [0.29, 0.717) is 6.54 Å². The fraction of sp³-hybridized carbons (Fsp3) is 0.417. The number of likely N-dealkylation sites (N-methyl/N-ethyl adjacent to an activating group) is 1. The van der Waals surface area contributed by atoms with E-state index in [-0.39, 0.29) is 17.9 Å². The first kappa shape index (κ1) is 22.0. The van der Waals surface area contributed by atoms with Gasteiger partial charge in [-0.2, -0.15) is 0 Å². The highest BCUT2D eigenvalue weighted by molar-refractivity contribution is 5.93. The highest BCUT2D eigenvalue weighted by atomic mass is 16.2. The van der Waals surface area contributed by atoms with Crippen molar-refractivity contribution < 1.29 is 19.4 Å². The Balaban J connectivity index is 1.43. The van der Waals surface area contributed by atoms with E-state index in [9.17, 15) is 9.59 Å². The molecule has 6 nitrogen and oxygen atoms in total. The van der Waals surface area contributed by atoms with Crippen LogP contribution in [-0.4, -0.2) is 62.5 Å². The molecule has 1 aliphatic heterocycles. The third-order valence-corrected chi connectivity index (χ3v) is 5.96. The Hall–Kier alpha value is -2.70. The van der Waals surface area contributed by atoms with E-state index in [4.69, 9.17) is 0 Å². The van der Waals surface area contributed by atoms with Crippen molar-refractivity contribution in [3.8, 4) is 0 Å². The maximum Gasteiger partial charge on any atom is 0.282 e. The smallest absolute Gasteiger partial charge is 0.282 e. The summed E-state index contributed by atoms with van der Waals surface area (Å²) in [4.78, 5) is 29.6. The molecule has 0 bridgehead atoms. The van der Waals surface area contributed by atoms with Gasteiger partial charge in [0, 0.05) is 11.3 Å². The molecule has 0 spiro atoms. The van der Waals surface area contributed by atoms with Gasteiger partial charge in [-0.15, -0.1) is 0 Å². The monoisotopic (exact) mass is 410 g/mol. The number of piperazine rings is 1. The van der Waals surface area contributed by atoms with E-state index < -0.39 is 0 Å². The average molecular weight is 411 g/mol. The second kappa shape index (κ2) is 10.4. The Morgan fingerprint density at radius 3 is 2.47 bits per heavy atom. The second-order valence-electron chi connectivity index (χ2n) is 8.40. The van der Waals surface area contributed by atoms with Crippen LogP contribution in [0, 0.1) is 6.92 Å². The van der Waals surface area contributed by atoms with Crippen molar-refractivity contribution in [2.75, 3.05) is 45.1 Å². The standard InChI is InChI=1S/C24H32N4O2/c1-19-8-7-9-21(16-19)17-27-12-14-28(15-13-27)23(29)18-26(3)20(2)24(30)25-22-10-5-4-6-11-22/h4-11,16,20H,12-15,17-18H2,1-3H3,(H,25,30)/p+2/t20-/m1/s1. The van der Waals surface area contributed by atoms with Crippen molar-refractivity contribution in [1.82, 2.24) is 4.90 Å². The zero-order valence-electron chi connectivity index (χ0n) is 18.3. The van der Waals surface area contributed by atoms with Crippen LogP contribution in [0.25, 0.3) is 0 Å². The summed E-state index contributed by atoms with van der Waals surface area (Å²) >= 11 is 0. The van der Waals surface area contributed by atoms with Gasteiger partial charge in [0.25, 0.3) is 11.8 Å². The summed E-state index contributed by atoms with van der Waals surface area (Å²) in [5.74, 6) is 0.0559. The van der Waals surface area contributed by atoms with Crippen molar-refractivity contribution in [2.45, 2.75) is 26.4 Å². The molecule has 1 fully saturated rings. The van der Waals surface area contributed by atoms with E-state index in [0.717, 1.165) is 43.3 Å². The quantitative estimate of drug-likeness (QED) is 0.590. The molecule has 160 valence electrons. The number of benzene rings is 2. The molecule has 1 aliphatic rings. The van der Waals surface area contributed by atoms with Gasteiger partial charge < -0.3 is 20.0 Å². The number of nitrogens with zero attached hydrogens (tertiary/aromatic N) is 1. The van der Waals surface area contributed by atoms with Gasteiger partial charge in [-0.25, -0.2) is 0 Å². The molecule has 0 saturated carbocycles. The third kappa shape index (κ3) is 6.15. The minimum Gasteiger partial charge on any atom is -0.328 e. The van der Waals surface area contributed by atoms with Crippen LogP contribution in [0.5, 0.6) is 0 Å². The predicted molar refractivity (Wildman–Crippen MR) is 118 cm³/mol. The fourth-order valence-electron chi connectivity index (χ4n) is 3.86. The van der Waals surface area contributed by atoms with Gasteiger partial charge in [0.2, 0.25) is 0 Å². The van der Waals surface area contributed by atoms with E-state index in [1.165, 1.54) is 16.0 Å². The first-order valence-electron chi connectivity index (χ1n) is 10.8. The van der Waals surface area contributed by atoms with Gasteiger partial charge in [-0.05, 0) is 26.0 Å². The van der Waals surface area contributed by atoms with Gasteiger partial charge >= 0.3 is 0 Å². The molecule has 3 rings (SSSR count). The molecule has 3 N–H and O–H groups in total. The molecular weight excluding hydrogens is 376 g/mol. The zero-order chi connectivity index (χ0) is 21.5. The summed E-state index contributed by atoms with van der Waals surface area (Å²) in [7, 11) is 1.91. The first-order chi connectivity index (χ1) is 14.4. The molecule has 1 heterocycles. The number of rotatable bonds is 7. The van der Waals surface area contributed by atoms with Gasteiger partial charge in [0.05, 0.1) is 33.2 Å². The summed E-state index contributed by atoms with van der Waals surface area (Å²) < 4.78 is 0. The molecule has 2 aromatic rings. The molecule has 0 aromatic heterocycles. The number of hydrogen-bond acceptors (Lipinski definition) is 2. The number of carbonyl (C=O) groups is 2. The summed E-state index contributed by atoms with van der Waals surface area (Å²) in [5.41, 5.74) is 3.42. The molecule has 2 atom stereocenters. The average Bonchev–Trinajstić information content (AvgIpc) is 2.74. The summed E-state index contributed by atoms with van der Waals surface area (Å²) in [5, 5.41) is 2.92. The maximum absolute atomic E-state index is 12.8. The molecule has 30 heavy (non-hydrogen) atoms. The van der Waals surface area contributed by atoms with Crippen LogP contribution in [0.15, 0.2) is 54.6 Å². The van der Waals surface area contributed by atoms with Crippen LogP contribution in [0.3, 0.4) is 0 Å². The first-order valence-corrected chi connectivity index (χ1v) is 10.8. The summed E-state index contributed by atoms with van der Waals surface area (Å²) in [6, 6.07) is 17.8. The van der Waals surface area contributed by atoms with Crippen LogP contribution in [0.4, 0.5) is 5.69 Å². The molecule has 0 radical (unpaired) electrons. The predicted octanol–water partition coefficient (Wildman–Crippen LogP) is -0.236. The lowest BCUT2D eigenvalue weighted by atomic mass is 10.1. The molecule has 0 aliphatic carbocycles. The largest absolute Gasteiger partial charge is 0.328 e. The Morgan fingerprint density at radius 1 is 1.10 bits per heavy atom. The number of hydrogen-bond donors (Lipinski definition) is 3. The molecule has 2 amide bonds. The number of nitrogens with one attached hydrogen (secondary N) is 3. The number of aryl methyl sites for hydroxylation is 1. The Morgan fingerprint density at radius 2 is 1.80 bits per heavy atom. The fourth-order valence-corrected chi connectivity index (χ4v) is 3.86. The minimum absolute atomic E-state index is 0.0704. The van der Waals surface area contributed by atoms with Gasteiger partial charge in [-0.3, -0.25) is 9.59 Å². The van der Waals surface area contributed by atoms with Gasteiger partial charge in [0.1, 0.15) is 6.54 Å². The lowest BCUT2D eigenvalue weighted by Gasteiger charge is -2.33. The van der Waals surface area contributed by atoms with Crippen LogP contribution >= 0.6 is 0 Å². The van der Waals surface area contributed by atoms with E-state index in [2.05, 4.69) is 36.5 Å². The van der Waals surface area contributed by atoms with Crippen molar-refractivity contribution in [2.24, 2.45) is 0 Å². The highest BCUT2D eigenvalue weighted by Crippen LogP contribution is 2.05. The zero-order valence-corrected chi connectivity index (χ0v) is 18.3. The molecule has 2 aromatic carbocycles. The number of amides is 2. The van der Waals surface area contributed by atoms with Crippen LogP contribution < -0.4 is 15.1 Å². The lowest BCUT2D eigenvalue weighted by molar-refractivity contribution is -0.918. The summed E-state index contributed by atoms with van der Waals surface area (Å²) in [6.07, 6.45) is 0. The number of anilines is 1. The number of para-hydroxylation sites is 1. The molecular formula is C24H34N4O2+2. The normalized spacial score (nSPS) is 16.7. The number of quaternary nitrogens is 2. The number of carbonyl (C=O) groups excluding carboxylic acids is 2. The molecule has 1 unspecified atom stereocenters. The van der Waals surface area contributed by atoms with E-state index >= 15 is 0 Å². The van der Waals surface area contributed by atoms with Gasteiger partial charge in [0.15, 0.2) is 12.6 Å². The van der Waals surface area contributed by atoms with Crippen molar-refractivity contribution in [3.05, 3.63) is 65.7 Å². The second-order valence-corrected chi connectivity index (χ2v) is 8.40. The van der Waals surface area contributed by atoms with Crippen LogP contribution in [-0.2, 0) is 16.1 Å². The van der Waals surface area contributed by atoms with Crippen LogP contribution in [0.2, 0.25) is 0 Å². The van der Waals surface area contributed by atoms with Crippen molar-refractivity contribution in [1.29, 1.82) is 0 Å². The molecule has 6 heteroatoms. The summed E-state index contributed by atoms with van der Waals surface area (Å²) in [6.45, 7) is 8.80. The Bertz CT molecular complexity index is 847.